The molecule has 1 unspecified atom stereocenters. The summed E-state index contributed by atoms with van der Waals surface area (Å²) in [5.41, 5.74) is 0.323. The number of nitrogens with one attached hydrogen (secondary N) is 1. The Morgan fingerprint density at radius 2 is 1.90 bits per heavy atom. The molecule has 0 spiro atoms. The van der Waals surface area contributed by atoms with Crippen LogP contribution in [0.15, 0.2) is 36.4 Å². The third-order valence-corrected chi connectivity index (χ3v) is 4.70. The minimum absolute atomic E-state index is 0.164. The van der Waals surface area contributed by atoms with E-state index in [0.717, 1.165) is 0 Å². The third kappa shape index (κ3) is 4.60. The summed E-state index contributed by atoms with van der Waals surface area (Å²) < 4.78 is 5.72. The number of carbonyl (C=O) groups is 2. The number of hydrogen-bond donors (Lipinski definition) is 1. The van der Waals surface area contributed by atoms with Crippen LogP contribution in [0.2, 0.25) is 10.0 Å². The second-order valence-electron chi connectivity index (χ2n) is 6.82. The van der Waals surface area contributed by atoms with Gasteiger partial charge in [-0.25, -0.2) is 0 Å². The quantitative estimate of drug-likeness (QED) is 0.554. The first kappa shape index (κ1) is 20.9. The van der Waals surface area contributed by atoms with Gasteiger partial charge in [0.25, 0.3) is 11.6 Å². The Morgan fingerprint density at radius 1 is 1.24 bits per heavy atom. The molecule has 8 nitrogen and oxygen atoms in total. The van der Waals surface area contributed by atoms with Crippen molar-refractivity contribution in [1.29, 1.82) is 0 Å². The van der Waals surface area contributed by atoms with Crippen molar-refractivity contribution in [2.24, 2.45) is 5.92 Å². The molecular formula is C19H17Cl2N3O5. The van der Waals surface area contributed by atoms with Crippen LogP contribution < -0.4 is 15.0 Å². The smallest absolute Gasteiger partial charge is 0.271 e. The molecule has 2 aromatic rings. The van der Waals surface area contributed by atoms with E-state index in [4.69, 9.17) is 27.9 Å². The number of ether oxygens (including phenoxy) is 1. The molecule has 3 rings (SSSR count). The fourth-order valence-corrected chi connectivity index (χ4v) is 3.47. The highest BCUT2D eigenvalue weighted by atomic mass is 35.5. The maximum atomic E-state index is 12.9. The molecule has 1 N–H and O–H groups in total. The highest BCUT2D eigenvalue weighted by Crippen LogP contribution is 2.38. The van der Waals surface area contributed by atoms with Crippen molar-refractivity contribution in [2.75, 3.05) is 16.8 Å². The Morgan fingerprint density at radius 3 is 2.48 bits per heavy atom. The molecule has 1 aliphatic heterocycles. The molecule has 1 heterocycles. The van der Waals surface area contributed by atoms with Gasteiger partial charge in [-0.2, -0.15) is 0 Å². The number of fused-ring (bicyclic) bond motifs is 1. The van der Waals surface area contributed by atoms with E-state index in [9.17, 15) is 19.7 Å². The van der Waals surface area contributed by atoms with Gasteiger partial charge in [0.1, 0.15) is 12.3 Å². The van der Waals surface area contributed by atoms with Crippen LogP contribution in [0, 0.1) is 16.0 Å². The molecule has 0 bridgehead atoms. The average molecular weight is 438 g/mol. The van der Waals surface area contributed by atoms with Crippen molar-refractivity contribution < 1.29 is 19.2 Å². The second kappa shape index (κ2) is 8.26. The monoisotopic (exact) mass is 437 g/mol. The number of benzene rings is 2. The molecule has 2 aromatic carbocycles. The molecule has 0 radical (unpaired) electrons. The van der Waals surface area contributed by atoms with Crippen LogP contribution in [0.4, 0.5) is 17.1 Å². The summed E-state index contributed by atoms with van der Waals surface area (Å²) >= 11 is 11.9. The predicted octanol–water partition coefficient (Wildman–Crippen LogP) is 4.29. The van der Waals surface area contributed by atoms with E-state index in [1.165, 1.54) is 41.3 Å². The van der Waals surface area contributed by atoms with E-state index in [0.29, 0.717) is 21.5 Å². The molecule has 0 aromatic heterocycles. The molecular weight excluding hydrogens is 421 g/mol. The molecule has 0 aliphatic carbocycles. The van der Waals surface area contributed by atoms with Crippen LogP contribution in [-0.2, 0) is 9.59 Å². The number of hydrogen-bond acceptors (Lipinski definition) is 5. The SMILES string of the molecule is CC(C)C1Oc2ccc([N+](=O)[O-])cc2N(CC(=O)Nc2cc(Cl)cc(Cl)c2)C1=O. The molecule has 0 saturated heterocycles. The minimum Gasteiger partial charge on any atom is -0.478 e. The highest BCUT2D eigenvalue weighted by Gasteiger charge is 2.38. The Labute approximate surface area is 176 Å². The van der Waals surface area contributed by atoms with Gasteiger partial charge in [0, 0.05) is 27.9 Å². The topological polar surface area (TPSA) is 102 Å². The Balaban J connectivity index is 1.91. The molecule has 1 atom stereocenters. The van der Waals surface area contributed by atoms with Gasteiger partial charge in [-0.3, -0.25) is 24.6 Å². The van der Waals surface area contributed by atoms with Gasteiger partial charge in [-0.05, 0) is 30.2 Å². The molecule has 0 fully saturated rings. The van der Waals surface area contributed by atoms with Crippen molar-refractivity contribution >= 4 is 52.1 Å². The number of carbonyl (C=O) groups excluding carboxylic acids is 2. The van der Waals surface area contributed by atoms with Gasteiger partial charge in [0.15, 0.2) is 6.10 Å². The summed E-state index contributed by atoms with van der Waals surface area (Å²) in [4.78, 5) is 37.3. The first-order valence-electron chi connectivity index (χ1n) is 8.68. The van der Waals surface area contributed by atoms with Gasteiger partial charge in [0.05, 0.1) is 10.6 Å². The first-order valence-corrected chi connectivity index (χ1v) is 9.43. The number of nitrogens with zero attached hydrogens (tertiary/aromatic N) is 2. The van der Waals surface area contributed by atoms with Crippen LogP contribution >= 0.6 is 23.2 Å². The van der Waals surface area contributed by atoms with E-state index in [-0.39, 0.29) is 23.8 Å². The lowest BCUT2D eigenvalue weighted by Gasteiger charge is -2.35. The number of amides is 2. The largest absolute Gasteiger partial charge is 0.478 e. The molecule has 29 heavy (non-hydrogen) atoms. The number of anilines is 2. The number of non-ortho nitro benzene ring substituents is 1. The average Bonchev–Trinajstić information content (AvgIpc) is 2.62. The Bertz CT molecular complexity index is 976. The van der Waals surface area contributed by atoms with E-state index in [1.54, 1.807) is 0 Å². The number of nitro benzene ring substituents is 1. The standard InChI is InChI=1S/C19H17Cl2N3O5/c1-10(2)18-19(26)23(15-8-14(24(27)28)3-4-16(15)29-18)9-17(25)22-13-6-11(20)5-12(21)7-13/h3-8,10,18H,9H2,1-2H3,(H,22,25). The van der Waals surface area contributed by atoms with Crippen LogP contribution in [0.25, 0.3) is 0 Å². The molecule has 152 valence electrons. The van der Waals surface area contributed by atoms with Gasteiger partial charge < -0.3 is 10.1 Å². The lowest BCUT2D eigenvalue weighted by atomic mass is 10.0. The Hall–Kier alpha value is -2.84. The van der Waals surface area contributed by atoms with Crippen LogP contribution in [-0.4, -0.2) is 29.4 Å². The van der Waals surface area contributed by atoms with Crippen LogP contribution in [0.5, 0.6) is 5.75 Å². The fraction of sp³-hybridized carbons (Fsp3) is 0.263. The van der Waals surface area contributed by atoms with E-state index in [1.807, 2.05) is 13.8 Å². The first-order chi connectivity index (χ1) is 13.7. The lowest BCUT2D eigenvalue weighted by molar-refractivity contribution is -0.384. The lowest BCUT2D eigenvalue weighted by Crippen LogP contribution is -2.50. The number of halogens is 2. The summed E-state index contributed by atoms with van der Waals surface area (Å²) in [7, 11) is 0. The van der Waals surface area contributed by atoms with Gasteiger partial charge in [-0.15, -0.1) is 0 Å². The molecule has 0 saturated carbocycles. The van der Waals surface area contributed by atoms with E-state index >= 15 is 0 Å². The Kier molecular flexibility index (Phi) is 5.95. The second-order valence-corrected chi connectivity index (χ2v) is 7.70. The van der Waals surface area contributed by atoms with Gasteiger partial charge in [0.2, 0.25) is 5.91 Å². The van der Waals surface area contributed by atoms with Crippen molar-refractivity contribution in [3.05, 3.63) is 56.6 Å². The van der Waals surface area contributed by atoms with E-state index < -0.39 is 22.8 Å². The van der Waals surface area contributed by atoms with Crippen molar-refractivity contribution in [3.8, 4) is 5.75 Å². The summed E-state index contributed by atoms with van der Waals surface area (Å²) in [6.45, 7) is 3.26. The minimum atomic E-state index is -0.808. The summed E-state index contributed by atoms with van der Waals surface area (Å²) in [5.74, 6) is -0.832. The van der Waals surface area contributed by atoms with Crippen LogP contribution in [0.1, 0.15) is 13.8 Å². The molecule has 1 aliphatic rings. The number of nitro groups is 1. The van der Waals surface area contributed by atoms with Gasteiger partial charge in [-0.1, -0.05) is 37.0 Å². The highest BCUT2D eigenvalue weighted by molar-refractivity contribution is 6.35. The molecule has 2 amide bonds. The summed E-state index contributed by atoms with van der Waals surface area (Å²) in [5, 5.41) is 14.4. The maximum Gasteiger partial charge on any atom is 0.271 e. The normalized spacial score (nSPS) is 15.7. The maximum absolute atomic E-state index is 12.9. The zero-order valence-corrected chi connectivity index (χ0v) is 17.0. The van der Waals surface area contributed by atoms with Gasteiger partial charge >= 0.3 is 0 Å². The summed E-state index contributed by atoms with van der Waals surface area (Å²) in [6.07, 6.45) is -0.808. The summed E-state index contributed by atoms with van der Waals surface area (Å²) in [6, 6.07) is 8.49. The van der Waals surface area contributed by atoms with E-state index in [2.05, 4.69) is 5.32 Å². The van der Waals surface area contributed by atoms with Crippen molar-refractivity contribution in [2.45, 2.75) is 20.0 Å². The zero-order chi connectivity index (χ0) is 21.3. The molecule has 10 heteroatoms. The van der Waals surface area contributed by atoms with Crippen LogP contribution in [0.3, 0.4) is 0 Å². The zero-order valence-electron chi connectivity index (χ0n) is 15.5. The van der Waals surface area contributed by atoms with Crippen molar-refractivity contribution in [3.63, 3.8) is 0 Å². The van der Waals surface area contributed by atoms with Crippen molar-refractivity contribution in [1.82, 2.24) is 0 Å². The predicted molar refractivity (Wildman–Crippen MR) is 110 cm³/mol. The third-order valence-electron chi connectivity index (χ3n) is 4.26. The number of rotatable bonds is 5. The fourth-order valence-electron chi connectivity index (χ4n) is 2.94.